The summed E-state index contributed by atoms with van der Waals surface area (Å²) in [7, 11) is 0. The van der Waals surface area contributed by atoms with E-state index in [0.29, 0.717) is 0 Å². The summed E-state index contributed by atoms with van der Waals surface area (Å²) in [6.07, 6.45) is 0. The lowest BCUT2D eigenvalue weighted by atomic mass is 10.2. The Bertz CT molecular complexity index is 494. The van der Waals surface area contributed by atoms with E-state index < -0.39 is 17.5 Å². The minimum atomic E-state index is -1.23. The fourth-order valence-corrected chi connectivity index (χ4v) is 1.02. The molecule has 0 amide bonds. The number of rotatable bonds is 5. The molecule has 0 bridgehead atoms. The lowest BCUT2D eigenvalue weighted by molar-refractivity contribution is -0.384. The van der Waals surface area contributed by atoms with Crippen LogP contribution in [0.3, 0.4) is 0 Å². The van der Waals surface area contributed by atoms with Crippen LogP contribution in [0.25, 0.3) is 0 Å². The molecule has 1 aromatic carbocycles. The predicted molar refractivity (Wildman–Crippen MR) is 55.0 cm³/mol. The highest BCUT2D eigenvalue weighted by Crippen LogP contribution is 2.25. The van der Waals surface area contributed by atoms with Gasteiger partial charge in [-0.25, -0.2) is 4.79 Å². The molecule has 1 rings (SSSR count). The number of nitriles is 1. The van der Waals surface area contributed by atoms with Crippen LogP contribution in [0.2, 0.25) is 0 Å². The SMILES string of the molecule is N#Cc1ccc([N+](=O)[O-])c(NOCC(=O)O)c1. The van der Waals surface area contributed by atoms with Gasteiger partial charge in [-0.1, -0.05) is 0 Å². The Balaban J connectivity index is 2.90. The number of nitrogens with zero attached hydrogens (tertiary/aromatic N) is 2. The van der Waals surface area contributed by atoms with Gasteiger partial charge in [0.2, 0.25) is 0 Å². The molecule has 1 aromatic rings. The fraction of sp³-hybridized carbons (Fsp3) is 0.111. The molecular formula is C9H7N3O5. The summed E-state index contributed by atoms with van der Waals surface area (Å²) in [5.41, 5.74) is 1.93. The number of nitrogens with one attached hydrogen (secondary N) is 1. The number of nitro groups is 1. The normalized spacial score (nSPS) is 9.35. The van der Waals surface area contributed by atoms with Crippen LogP contribution in [-0.4, -0.2) is 22.6 Å². The van der Waals surface area contributed by atoms with Crippen LogP contribution in [0, 0.1) is 21.4 Å². The van der Waals surface area contributed by atoms with Crippen molar-refractivity contribution in [3.05, 3.63) is 33.9 Å². The zero-order valence-corrected chi connectivity index (χ0v) is 8.41. The van der Waals surface area contributed by atoms with E-state index in [-0.39, 0.29) is 16.9 Å². The number of carboxylic acid groups (broad SMARTS) is 1. The number of carboxylic acids is 1. The molecule has 0 atom stereocenters. The van der Waals surface area contributed by atoms with Gasteiger partial charge in [-0.2, -0.15) is 5.26 Å². The lowest BCUT2D eigenvalue weighted by Crippen LogP contribution is -2.12. The topological polar surface area (TPSA) is 125 Å². The molecule has 0 saturated heterocycles. The number of aliphatic carboxylic acids is 1. The van der Waals surface area contributed by atoms with Gasteiger partial charge in [0.05, 0.1) is 16.6 Å². The lowest BCUT2D eigenvalue weighted by Gasteiger charge is -2.05. The van der Waals surface area contributed by atoms with Gasteiger partial charge >= 0.3 is 5.97 Å². The fourth-order valence-electron chi connectivity index (χ4n) is 1.02. The van der Waals surface area contributed by atoms with Crippen molar-refractivity contribution in [1.82, 2.24) is 0 Å². The van der Waals surface area contributed by atoms with E-state index in [2.05, 4.69) is 10.3 Å². The number of benzene rings is 1. The van der Waals surface area contributed by atoms with E-state index in [1.165, 1.54) is 12.1 Å². The molecule has 2 N–H and O–H groups in total. The minimum absolute atomic E-state index is 0.0738. The van der Waals surface area contributed by atoms with Crippen LogP contribution in [0.5, 0.6) is 0 Å². The minimum Gasteiger partial charge on any atom is -0.479 e. The first-order chi connectivity index (χ1) is 8.04. The van der Waals surface area contributed by atoms with Crippen LogP contribution >= 0.6 is 0 Å². The molecule has 0 heterocycles. The van der Waals surface area contributed by atoms with Crippen LogP contribution < -0.4 is 5.48 Å². The van der Waals surface area contributed by atoms with E-state index in [9.17, 15) is 14.9 Å². The highest BCUT2D eigenvalue weighted by molar-refractivity contribution is 5.68. The second-order valence-electron chi connectivity index (χ2n) is 2.89. The molecule has 0 radical (unpaired) electrons. The van der Waals surface area contributed by atoms with E-state index in [1.807, 2.05) is 0 Å². The van der Waals surface area contributed by atoms with Gasteiger partial charge < -0.3 is 5.11 Å². The van der Waals surface area contributed by atoms with Crippen molar-refractivity contribution in [1.29, 1.82) is 5.26 Å². The van der Waals surface area contributed by atoms with Crippen LogP contribution in [0.15, 0.2) is 18.2 Å². The highest BCUT2D eigenvalue weighted by Gasteiger charge is 2.14. The number of nitro benzene ring substituents is 1. The first-order valence-corrected chi connectivity index (χ1v) is 4.32. The molecular weight excluding hydrogens is 230 g/mol. The summed E-state index contributed by atoms with van der Waals surface area (Å²) < 4.78 is 0. The molecule has 8 nitrogen and oxygen atoms in total. The molecule has 0 aliphatic carbocycles. The van der Waals surface area contributed by atoms with Crippen molar-refractivity contribution < 1.29 is 19.7 Å². The zero-order chi connectivity index (χ0) is 12.8. The van der Waals surface area contributed by atoms with E-state index in [4.69, 9.17) is 10.4 Å². The number of carbonyl (C=O) groups is 1. The Labute approximate surface area is 95.1 Å². The molecule has 0 saturated carbocycles. The maximum atomic E-state index is 10.6. The van der Waals surface area contributed by atoms with Gasteiger partial charge in [0.1, 0.15) is 5.69 Å². The van der Waals surface area contributed by atoms with Gasteiger partial charge in [-0.15, -0.1) is 0 Å². The van der Waals surface area contributed by atoms with E-state index in [1.54, 1.807) is 6.07 Å². The van der Waals surface area contributed by atoms with E-state index in [0.717, 1.165) is 6.07 Å². The average Bonchev–Trinajstić information content (AvgIpc) is 2.28. The Hall–Kier alpha value is -2.66. The summed E-state index contributed by atoms with van der Waals surface area (Å²) >= 11 is 0. The van der Waals surface area contributed by atoms with Gasteiger partial charge in [0.15, 0.2) is 6.61 Å². The van der Waals surface area contributed by atoms with Gasteiger partial charge in [-0.05, 0) is 12.1 Å². The maximum absolute atomic E-state index is 10.6. The molecule has 0 spiro atoms. The smallest absolute Gasteiger partial charge is 0.332 e. The molecule has 0 aliphatic rings. The van der Waals surface area contributed by atoms with Crippen LogP contribution in [-0.2, 0) is 9.63 Å². The largest absolute Gasteiger partial charge is 0.479 e. The van der Waals surface area contributed by atoms with Crippen molar-refractivity contribution in [3.63, 3.8) is 0 Å². The van der Waals surface area contributed by atoms with Gasteiger partial charge in [-0.3, -0.25) is 20.4 Å². The Morgan fingerprint density at radius 3 is 2.88 bits per heavy atom. The Morgan fingerprint density at radius 2 is 2.35 bits per heavy atom. The third-order valence-corrected chi connectivity index (χ3v) is 1.70. The number of hydrogen-bond donors (Lipinski definition) is 2. The maximum Gasteiger partial charge on any atom is 0.332 e. The van der Waals surface area contributed by atoms with Gasteiger partial charge in [0.25, 0.3) is 5.69 Å². The quantitative estimate of drug-likeness (QED) is 0.575. The summed E-state index contributed by atoms with van der Waals surface area (Å²) in [6.45, 7) is -0.659. The molecule has 0 fully saturated rings. The summed E-state index contributed by atoms with van der Waals surface area (Å²) in [5.74, 6) is -1.23. The van der Waals surface area contributed by atoms with Crippen LogP contribution in [0.4, 0.5) is 11.4 Å². The van der Waals surface area contributed by atoms with E-state index >= 15 is 0 Å². The number of anilines is 1. The first-order valence-electron chi connectivity index (χ1n) is 4.32. The first kappa shape index (κ1) is 12.4. The predicted octanol–water partition coefficient (Wildman–Crippen LogP) is 0.895. The molecule has 8 heteroatoms. The van der Waals surface area contributed by atoms with Crippen molar-refractivity contribution in [3.8, 4) is 6.07 Å². The second-order valence-corrected chi connectivity index (χ2v) is 2.89. The highest BCUT2D eigenvalue weighted by atomic mass is 16.7. The third kappa shape index (κ3) is 3.44. The number of hydrogen-bond acceptors (Lipinski definition) is 6. The molecule has 17 heavy (non-hydrogen) atoms. The van der Waals surface area contributed by atoms with Gasteiger partial charge in [0, 0.05) is 6.07 Å². The molecule has 0 aromatic heterocycles. The Kier molecular flexibility index (Phi) is 3.96. The average molecular weight is 237 g/mol. The molecule has 0 aliphatic heterocycles. The second kappa shape index (κ2) is 5.43. The summed E-state index contributed by atoms with van der Waals surface area (Å²) in [4.78, 5) is 24.6. The van der Waals surface area contributed by atoms with Crippen molar-refractivity contribution in [2.45, 2.75) is 0 Å². The third-order valence-electron chi connectivity index (χ3n) is 1.70. The van der Waals surface area contributed by atoms with Crippen molar-refractivity contribution in [2.75, 3.05) is 12.1 Å². The molecule has 0 unspecified atom stereocenters. The monoisotopic (exact) mass is 237 g/mol. The van der Waals surface area contributed by atoms with Crippen molar-refractivity contribution in [2.24, 2.45) is 0 Å². The van der Waals surface area contributed by atoms with Crippen LogP contribution in [0.1, 0.15) is 5.56 Å². The molecule has 88 valence electrons. The Morgan fingerprint density at radius 1 is 1.65 bits per heavy atom. The van der Waals surface area contributed by atoms with Crippen molar-refractivity contribution >= 4 is 17.3 Å². The summed E-state index contributed by atoms with van der Waals surface area (Å²) in [6, 6.07) is 5.40. The zero-order valence-electron chi connectivity index (χ0n) is 8.41. The standard InChI is InChI=1S/C9H7N3O5/c10-4-6-1-2-8(12(15)16)7(3-6)11-17-5-9(13)14/h1-3,11H,5H2,(H,13,14). The summed E-state index contributed by atoms with van der Waals surface area (Å²) in [5, 5.41) is 27.6.